The molecule has 3 nitrogen and oxygen atoms in total. The highest BCUT2D eigenvalue weighted by molar-refractivity contribution is 5.25. The molecule has 0 unspecified atom stereocenters. The van der Waals surface area contributed by atoms with Crippen molar-refractivity contribution in [1.29, 1.82) is 5.26 Å². The van der Waals surface area contributed by atoms with Crippen LogP contribution in [0.25, 0.3) is 0 Å². The Labute approximate surface area is 58.6 Å². The molecular formula is C7H5N2O. The maximum Gasteiger partial charge on any atom is 0.124 e. The first-order chi connectivity index (χ1) is 4.86. The van der Waals surface area contributed by atoms with Gasteiger partial charge in [0.25, 0.3) is 0 Å². The highest BCUT2D eigenvalue weighted by Crippen LogP contribution is 1.97. The monoisotopic (exact) mass is 133 g/mol. The smallest absolute Gasteiger partial charge is 0.124 e. The second-order valence-corrected chi connectivity index (χ2v) is 1.79. The van der Waals surface area contributed by atoms with Gasteiger partial charge >= 0.3 is 0 Å². The predicted molar refractivity (Wildman–Crippen MR) is 33.3 cm³/mol. The van der Waals surface area contributed by atoms with Crippen LogP contribution < -0.4 is 0 Å². The number of rotatable bonds is 1. The summed E-state index contributed by atoms with van der Waals surface area (Å²) < 4.78 is 0. The van der Waals surface area contributed by atoms with Gasteiger partial charge in [-0.25, -0.2) is 5.11 Å². The summed E-state index contributed by atoms with van der Waals surface area (Å²) in [6, 6.07) is 5.06. The highest BCUT2D eigenvalue weighted by atomic mass is 16.3. The first kappa shape index (κ1) is 6.72. The maximum absolute atomic E-state index is 10.2. The molecule has 0 saturated heterocycles. The minimum atomic E-state index is -0.328. The van der Waals surface area contributed by atoms with Crippen LogP contribution in [0.3, 0.4) is 0 Å². The van der Waals surface area contributed by atoms with Gasteiger partial charge in [0.05, 0.1) is 11.3 Å². The molecule has 0 aliphatic carbocycles. The quantitative estimate of drug-likeness (QED) is 0.571. The van der Waals surface area contributed by atoms with Crippen molar-refractivity contribution >= 4 is 0 Å². The van der Waals surface area contributed by atoms with Gasteiger partial charge in [0.15, 0.2) is 0 Å². The third-order valence-electron chi connectivity index (χ3n) is 1.10. The minimum absolute atomic E-state index is 0.328. The summed E-state index contributed by atoms with van der Waals surface area (Å²) >= 11 is 0. The molecule has 3 heteroatoms. The Kier molecular flexibility index (Phi) is 1.98. The normalized spacial score (nSPS) is 8.80. The van der Waals surface area contributed by atoms with Crippen molar-refractivity contribution in [2.45, 2.75) is 6.61 Å². The van der Waals surface area contributed by atoms with E-state index in [0.717, 1.165) is 0 Å². The molecule has 1 radical (unpaired) electrons. The van der Waals surface area contributed by atoms with Crippen LogP contribution in [0.5, 0.6) is 0 Å². The van der Waals surface area contributed by atoms with Crippen molar-refractivity contribution in [2.24, 2.45) is 0 Å². The lowest BCUT2D eigenvalue weighted by Crippen LogP contribution is -1.86. The van der Waals surface area contributed by atoms with Crippen LogP contribution in [0.4, 0.5) is 0 Å². The molecule has 1 aromatic heterocycles. The van der Waals surface area contributed by atoms with Gasteiger partial charge in [-0.05, 0) is 12.1 Å². The van der Waals surface area contributed by atoms with Crippen LogP contribution in [0.2, 0.25) is 0 Å². The minimum Gasteiger partial charge on any atom is -0.257 e. The number of hydrogen-bond acceptors (Lipinski definition) is 2. The molecule has 0 aliphatic rings. The summed E-state index contributed by atoms with van der Waals surface area (Å²) in [5, 5.41) is 18.5. The van der Waals surface area contributed by atoms with Gasteiger partial charge in [0.2, 0.25) is 0 Å². The van der Waals surface area contributed by atoms with Gasteiger partial charge in [-0.3, -0.25) is 4.98 Å². The van der Waals surface area contributed by atoms with E-state index in [1.807, 2.05) is 6.07 Å². The molecular weight excluding hydrogens is 128 g/mol. The van der Waals surface area contributed by atoms with Crippen molar-refractivity contribution < 1.29 is 5.11 Å². The largest absolute Gasteiger partial charge is 0.257 e. The third-order valence-corrected chi connectivity index (χ3v) is 1.10. The van der Waals surface area contributed by atoms with E-state index in [2.05, 4.69) is 4.98 Å². The number of nitrogens with zero attached hydrogens (tertiary/aromatic N) is 2. The molecule has 0 amide bonds. The molecule has 1 rings (SSSR count). The first-order valence-corrected chi connectivity index (χ1v) is 2.80. The van der Waals surface area contributed by atoms with Crippen molar-refractivity contribution in [2.75, 3.05) is 0 Å². The Hall–Kier alpha value is -1.40. The van der Waals surface area contributed by atoms with Crippen LogP contribution >= 0.6 is 0 Å². The van der Waals surface area contributed by atoms with E-state index in [0.29, 0.717) is 11.3 Å². The Morgan fingerprint density at radius 2 is 2.40 bits per heavy atom. The number of nitriles is 1. The number of pyridine rings is 1. The van der Waals surface area contributed by atoms with Crippen molar-refractivity contribution in [3.05, 3.63) is 29.6 Å². The molecule has 0 spiro atoms. The summed E-state index contributed by atoms with van der Waals surface area (Å²) in [7, 11) is 0. The number of hydrogen-bond donors (Lipinski definition) is 0. The second kappa shape index (κ2) is 2.95. The summed E-state index contributed by atoms with van der Waals surface area (Å²) in [6.07, 6.45) is 1.40. The topological polar surface area (TPSA) is 56.6 Å². The molecule has 0 aromatic carbocycles. The van der Waals surface area contributed by atoms with Crippen LogP contribution in [-0.2, 0) is 11.7 Å². The third kappa shape index (κ3) is 1.30. The fourth-order valence-electron chi connectivity index (χ4n) is 0.576. The Balaban J connectivity index is 2.93. The molecule has 49 valence electrons. The fourth-order valence-corrected chi connectivity index (χ4v) is 0.576. The zero-order valence-electron chi connectivity index (χ0n) is 5.24. The van der Waals surface area contributed by atoms with Gasteiger partial charge in [0, 0.05) is 6.20 Å². The van der Waals surface area contributed by atoms with E-state index in [9.17, 15) is 5.11 Å². The first-order valence-electron chi connectivity index (χ1n) is 2.80. The molecule has 0 bridgehead atoms. The van der Waals surface area contributed by atoms with E-state index in [4.69, 9.17) is 5.26 Å². The zero-order chi connectivity index (χ0) is 7.40. The van der Waals surface area contributed by atoms with Crippen LogP contribution in [0, 0.1) is 11.3 Å². The predicted octanol–water partition coefficient (Wildman–Crippen LogP) is 0.884. The van der Waals surface area contributed by atoms with E-state index >= 15 is 0 Å². The molecule has 0 aliphatic heterocycles. The van der Waals surface area contributed by atoms with Crippen LogP contribution in [0.1, 0.15) is 11.3 Å². The lowest BCUT2D eigenvalue weighted by molar-refractivity contribution is 0.174. The Morgan fingerprint density at radius 3 is 2.80 bits per heavy atom. The van der Waals surface area contributed by atoms with E-state index in [-0.39, 0.29) is 6.61 Å². The summed E-state index contributed by atoms with van der Waals surface area (Å²) in [6.45, 7) is -0.328. The lowest BCUT2D eigenvalue weighted by Gasteiger charge is -1.90. The Morgan fingerprint density at radius 1 is 1.60 bits per heavy atom. The van der Waals surface area contributed by atoms with Crippen LogP contribution in [0.15, 0.2) is 18.3 Å². The standard InChI is InChI=1S/C7H5N2O/c8-3-6-1-2-7(5-10)9-4-6/h1-2,4H,5H2. The van der Waals surface area contributed by atoms with E-state index < -0.39 is 0 Å². The fraction of sp³-hybridized carbons (Fsp3) is 0.143. The molecule has 10 heavy (non-hydrogen) atoms. The highest BCUT2D eigenvalue weighted by Gasteiger charge is 1.91. The second-order valence-electron chi connectivity index (χ2n) is 1.79. The molecule has 1 aromatic rings. The van der Waals surface area contributed by atoms with Gasteiger partial charge < -0.3 is 0 Å². The SMILES string of the molecule is N#Cc1ccc(C[O])nc1. The van der Waals surface area contributed by atoms with Gasteiger partial charge in [-0.15, -0.1) is 0 Å². The zero-order valence-corrected chi connectivity index (χ0v) is 5.24. The molecule has 0 atom stereocenters. The average Bonchev–Trinajstić information content (AvgIpc) is 2.05. The molecule has 0 saturated carbocycles. The van der Waals surface area contributed by atoms with Gasteiger partial charge in [-0.2, -0.15) is 5.26 Å². The number of aromatic nitrogens is 1. The summed E-state index contributed by atoms with van der Waals surface area (Å²) in [5.74, 6) is 0. The van der Waals surface area contributed by atoms with Crippen molar-refractivity contribution in [1.82, 2.24) is 4.98 Å². The van der Waals surface area contributed by atoms with Crippen molar-refractivity contribution in [3.63, 3.8) is 0 Å². The summed E-state index contributed by atoms with van der Waals surface area (Å²) in [5.41, 5.74) is 0.955. The molecule has 0 N–H and O–H groups in total. The van der Waals surface area contributed by atoms with Gasteiger partial charge in [-0.1, -0.05) is 0 Å². The molecule has 1 heterocycles. The Bertz CT molecular complexity index is 247. The average molecular weight is 133 g/mol. The lowest BCUT2D eigenvalue weighted by atomic mass is 10.3. The molecule has 0 fully saturated rings. The maximum atomic E-state index is 10.2. The van der Waals surface area contributed by atoms with E-state index in [1.54, 1.807) is 12.1 Å². The van der Waals surface area contributed by atoms with Gasteiger partial charge in [0.1, 0.15) is 12.7 Å². The van der Waals surface area contributed by atoms with Crippen LogP contribution in [-0.4, -0.2) is 4.98 Å². The van der Waals surface area contributed by atoms with E-state index in [1.165, 1.54) is 6.20 Å². The van der Waals surface area contributed by atoms with Crippen molar-refractivity contribution in [3.8, 4) is 6.07 Å². The summed E-state index contributed by atoms with van der Waals surface area (Å²) in [4.78, 5) is 3.73.